The number of aryl methyl sites for hydroxylation is 1. The van der Waals surface area contributed by atoms with Crippen molar-refractivity contribution >= 4 is 27.3 Å². The van der Waals surface area contributed by atoms with Crippen molar-refractivity contribution < 1.29 is 27.1 Å². The van der Waals surface area contributed by atoms with Gasteiger partial charge in [0.05, 0.1) is 28.5 Å². The second-order valence-corrected chi connectivity index (χ2v) is 9.82. The number of ether oxygens (including phenoxy) is 2. The van der Waals surface area contributed by atoms with Crippen LogP contribution in [0.1, 0.15) is 34.8 Å². The summed E-state index contributed by atoms with van der Waals surface area (Å²) in [6.45, 7) is 4.54. The van der Waals surface area contributed by atoms with E-state index in [4.69, 9.17) is 13.9 Å². The van der Waals surface area contributed by atoms with Crippen molar-refractivity contribution in [2.24, 2.45) is 0 Å². The largest absolute Gasteiger partial charge is 0.449 e. The van der Waals surface area contributed by atoms with E-state index >= 15 is 0 Å². The van der Waals surface area contributed by atoms with Crippen LogP contribution in [0.2, 0.25) is 0 Å². The molecule has 1 aliphatic heterocycles. The summed E-state index contributed by atoms with van der Waals surface area (Å²) in [5, 5.41) is 9.82. The molecule has 1 aromatic carbocycles. The third-order valence-corrected chi connectivity index (χ3v) is 7.71. The van der Waals surface area contributed by atoms with Crippen molar-refractivity contribution in [2.75, 3.05) is 26.3 Å². The molecule has 3 aromatic rings. The van der Waals surface area contributed by atoms with Crippen LogP contribution in [0.5, 0.6) is 0 Å². The zero-order chi connectivity index (χ0) is 22.0. The first-order valence-electron chi connectivity index (χ1n) is 9.63. The number of nitrogens with zero attached hydrogens (tertiary/aromatic N) is 3. The number of thiophene rings is 1. The number of sulfonamides is 1. The lowest BCUT2D eigenvalue weighted by atomic mass is 10.1. The van der Waals surface area contributed by atoms with E-state index in [9.17, 15) is 13.2 Å². The van der Waals surface area contributed by atoms with Gasteiger partial charge in [-0.2, -0.15) is 4.31 Å². The van der Waals surface area contributed by atoms with Gasteiger partial charge in [0.2, 0.25) is 10.0 Å². The Hall–Kier alpha value is -2.60. The lowest BCUT2D eigenvalue weighted by Crippen LogP contribution is -2.40. The van der Waals surface area contributed by atoms with E-state index in [1.165, 1.54) is 27.8 Å². The van der Waals surface area contributed by atoms with Crippen LogP contribution in [-0.2, 0) is 19.5 Å². The third-order valence-electron chi connectivity index (χ3n) is 4.82. The maximum absolute atomic E-state index is 13.0. The molecule has 0 amide bonds. The van der Waals surface area contributed by atoms with Crippen molar-refractivity contribution in [3.8, 4) is 10.8 Å². The smallest absolute Gasteiger partial charge is 0.338 e. The molecule has 1 saturated heterocycles. The first-order valence-corrected chi connectivity index (χ1v) is 11.9. The first-order chi connectivity index (χ1) is 14.9. The quantitative estimate of drug-likeness (QED) is 0.513. The van der Waals surface area contributed by atoms with Gasteiger partial charge in [0.25, 0.3) is 11.8 Å². The highest BCUT2D eigenvalue weighted by molar-refractivity contribution is 7.89. The molecule has 1 fully saturated rings. The molecule has 11 heteroatoms. The fourth-order valence-corrected chi connectivity index (χ4v) is 5.41. The van der Waals surface area contributed by atoms with Crippen LogP contribution in [0, 0.1) is 6.92 Å². The highest BCUT2D eigenvalue weighted by atomic mass is 32.2. The van der Waals surface area contributed by atoms with Crippen LogP contribution in [-0.4, -0.2) is 55.2 Å². The average molecular weight is 464 g/mol. The second-order valence-electron chi connectivity index (χ2n) is 6.97. The van der Waals surface area contributed by atoms with E-state index in [0.717, 1.165) is 4.88 Å². The van der Waals surface area contributed by atoms with Crippen LogP contribution in [0.25, 0.3) is 10.8 Å². The zero-order valence-corrected chi connectivity index (χ0v) is 18.6. The minimum absolute atomic E-state index is 0.0780. The van der Waals surface area contributed by atoms with Gasteiger partial charge in [-0.05, 0) is 43.0 Å². The molecule has 0 saturated carbocycles. The van der Waals surface area contributed by atoms with Crippen molar-refractivity contribution in [2.45, 2.75) is 24.8 Å². The molecular formula is C20H21N3O6S2. The molecule has 1 atom stereocenters. The summed E-state index contributed by atoms with van der Waals surface area (Å²) in [6, 6.07) is 8.19. The van der Waals surface area contributed by atoms with E-state index in [0.29, 0.717) is 24.7 Å². The number of hydrogen-bond acceptors (Lipinski definition) is 9. The average Bonchev–Trinajstić information content (AvgIpc) is 3.46. The second kappa shape index (κ2) is 8.87. The van der Waals surface area contributed by atoms with Gasteiger partial charge < -0.3 is 13.9 Å². The third kappa shape index (κ3) is 4.54. The summed E-state index contributed by atoms with van der Waals surface area (Å²) in [4.78, 5) is 13.6. The first kappa shape index (κ1) is 21.6. The molecule has 1 aliphatic rings. The number of aromatic nitrogens is 2. The van der Waals surface area contributed by atoms with Crippen molar-refractivity contribution in [1.29, 1.82) is 0 Å². The van der Waals surface area contributed by atoms with Gasteiger partial charge >= 0.3 is 5.97 Å². The number of morpholine rings is 1. The van der Waals surface area contributed by atoms with Gasteiger partial charge in [0.15, 0.2) is 6.10 Å². The number of hydrogen-bond donors (Lipinski definition) is 0. The molecule has 0 radical (unpaired) electrons. The lowest BCUT2D eigenvalue weighted by molar-refractivity contribution is 0.0279. The van der Waals surface area contributed by atoms with Gasteiger partial charge in [0.1, 0.15) is 0 Å². The molecule has 2 aromatic heterocycles. The Morgan fingerprint density at radius 1 is 1.23 bits per heavy atom. The lowest BCUT2D eigenvalue weighted by Gasteiger charge is -2.26. The van der Waals surface area contributed by atoms with Crippen molar-refractivity contribution in [1.82, 2.24) is 14.5 Å². The standard InChI is InChI=1S/C20H21N3O6S2/c1-13-5-6-15(12-17(13)31(25,26)23-7-9-27-10-8-23)20(24)28-14(2)18-21-22-19(29-18)16-4-3-11-30-16/h3-6,11-12,14H,7-10H2,1-2H3. The van der Waals surface area contributed by atoms with Gasteiger partial charge in [0, 0.05) is 13.1 Å². The summed E-state index contributed by atoms with van der Waals surface area (Å²) in [5.74, 6) is -0.172. The van der Waals surface area contributed by atoms with Gasteiger partial charge in [-0.1, -0.05) is 12.1 Å². The van der Waals surface area contributed by atoms with Crippen molar-refractivity contribution in [3.63, 3.8) is 0 Å². The summed E-state index contributed by atoms with van der Waals surface area (Å²) in [7, 11) is -3.75. The normalized spacial score (nSPS) is 16.2. The predicted octanol–water partition coefficient (Wildman–Crippen LogP) is 3.05. The Kier molecular flexibility index (Phi) is 6.19. The highest BCUT2D eigenvalue weighted by Gasteiger charge is 2.29. The van der Waals surface area contributed by atoms with Crippen LogP contribution in [0.4, 0.5) is 0 Å². The summed E-state index contributed by atoms with van der Waals surface area (Å²) >= 11 is 1.46. The Labute approximate surface area is 183 Å². The number of carbonyl (C=O) groups is 1. The molecular weight excluding hydrogens is 442 g/mol. The number of carbonyl (C=O) groups excluding carboxylic acids is 1. The van der Waals surface area contributed by atoms with E-state index in [-0.39, 0.29) is 29.4 Å². The Morgan fingerprint density at radius 2 is 2.00 bits per heavy atom. The van der Waals surface area contributed by atoms with Gasteiger partial charge in [-0.15, -0.1) is 21.5 Å². The molecule has 0 aliphatic carbocycles. The van der Waals surface area contributed by atoms with Crippen LogP contribution >= 0.6 is 11.3 Å². The maximum atomic E-state index is 13.0. The van der Waals surface area contributed by atoms with E-state index in [2.05, 4.69) is 10.2 Å². The van der Waals surface area contributed by atoms with Gasteiger partial charge in [-0.25, -0.2) is 13.2 Å². The molecule has 0 spiro atoms. The molecule has 1 unspecified atom stereocenters. The minimum atomic E-state index is -3.75. The Balaban J connectivity index is 1.52. The Bertz CT molecular complexity index is 1170. The number of rotatable bonds is 6. The van der Waals surface area contributed by atoms with E-state index in [1.54, 1.807) is 19.9 Å². The molecule has 4 rings (SSSR count). The highest BCUT2D eigenvalue weighted by Crippen LogP contribution is 2.27. The summed E-state index contributed by atoms with van der Waals surface area (Å²) < 4.78 is 43.7. The summed E-state index contributed by atoms with van der Waals surface area (Å²) in [5.41, 5.74) is 0.677. The van der Waals surface area contributed by atoms with Crippen LogP contribution in [0.3, 0.4) is 0 Å². The SMILES string of the molecule is Cc1ccc(C(=O)OC(C)c2nnc(-c3cccs3)o2)cc1S(=O)(=O)N1CCOCC1. The molecule has 31 heavy (non-hydrogen) atoms. The molecule has 0 N–H and O–H groups in total. The molecule has 164 valence electrons. The number of esters is 1. The summed E-state index contributed by atoms with van der Waals surface area (Å²) in [6.07, 6.45) is -0.797. The predicted molar refractivity (Wildman–Crippen MR) is 112 cm³/mol. The monoisotopic (exact) mass is 463 g/mol. The minimum Gasteiger partial charge on any atom is -0.449 e. The molecule has 9 nitrogen and oxygen atoms in total. The molecule has 0 bridgehead atoms. The van der Waals surface area contributed by atoms with Crippen LogP contribution < -0.4 is 0 Å². The fraction of sp³-hybridized carbons (Fsp3) is 0.350. The Morgan fingerprint density at radius 3 is 2.71 bits per heavy atom. The number of benzene rings is 1. The van der Waals surface area contributed by atoms with Crippen molar-refractivity contribution in [3.05, 3.63) is 52.7 Å². The van der Waals surface area contributed by atoms with Gasteiger partial charge in [-0.3, -0.25) is 0 Å². The van der Waals surface area contributed by atoms with E-state index in [1.807, 2.05) is 17.5 Å². The fourth-order valence-electron chi connectivity index (χ4n) is 3.11. The topological polar surface area (TPSA) is 112 Å². The maximum Gasteiger partial charge on any atom is 0.338 e. The van der Waals surface area contributed by atoms with Crippen LogP contribution in [0.15, 0.2) is 45.0 Å². The van der Waals surface area contributed by atoms with E-state index < -0.39 is 22.1 Å². The zero-order valence-electron chi connectivity index (χ0n) is 17.0. The molecule has 3 heterocycles.